The first kappa shape index (κ1) is 18.9. The number of carbonyl (C=O) groups excluding carboxylic acids is 1. The molecule has 0 radical (unpaired) electrons. The second-order valence-corrected chi connectivity index (χ2v) is 9.38. The molecule has 2 aliphatic carbocycles. The van der Waals surface area contributed by atoms with Crippen molar-refractivity contribution in [3.63, 3.8) is 0 Å². The number of rotatable bonds is 2. The van der Waals surface area contributed by atoms with Gasteiger partial charge < -0.3 is 4.90 Å². The molecule has 2 atom stereocenters. The first-order valence-corrected chi connectivity index (χ1v) is 11.5. The molecule has 2 fully saturated rings. The normalized spacial score (nSPS) is 24.9. The minimum absolute atomic E-state index is 0. The molecule has 4 heterocycles. The highest BCUT2D eigenvalue weighted by Gasteiger charge is 2.39. The van der Waals surface area contributed by atoms with Crippen molar-refractivity contribution in [1.29, 1.82) is 0 Å². The summed E-state index contributed by atoms with van der Waals surface area (Å²) in [7, 11) is 2.20. The van der Waals surface area contributed by atoms with E-state index in [1.807, 2.05) is 12.4 Å². The molecule has 4 aliphatic rings. The van der Waals surface area contributed by atoms with Crippen LogP contribution in [0, 0.1) is 0 Å². The van der Waals surface area contributed by atoms with Crippen LogP contribution in [0.4, 0.5) is 0 Å². The van der Waals surface area contributed by atoms with Gasteiger partial charge >= 0.3 is 0 Å². The van der Waals surface area contributed by atoms with Gasteiger partial charge in [-0.2, -0.15) is 0 Å². The molecule has 2 aromatic heterocycles. The monoisotopic (exact) mass is 414 g/mol. The average molecular weight is 415 g/mol. The van der Waals surface area contributed by atoms with Crippen LogP contribution >= 0.6 is 0 Å². The Labute approximate surface area is 185 Å². The second kappa shape index (κ2) is 7.41. The van der Waals surface area contributed by atoms with Gasteiger partial charge in [-0.1, -0.05) is 12.2 Å². The van der Waals surface area contributed by atoms with Crippen molar-refractivity contribution in [2.24, 2.45) is 0 Å². The number of piperazine rings is 1. The van der Waals surface area contributed by atoms with Crippen molar-refractivity contribution < 1.29 is 6.22 Å². The van der Waals surface area contributed by atoms with E-state index >= 15 is 0 Å². The molecule has 5 heteroatoms. The number of pyridine rings is 2. The van der Waals surface area contributed by atoms with Crippen LogP contribution in [0.25, 0.3) is 11.6 Å². The van der Waals surface area contributed by atoms with Gasteiger partial charge in [-0.3, -0.25) is 19.7 Å². The van der Waals surface area contributed by atoms with Crippen LogP contribution in [0.3, 0.4) is 0 Å². The number of nitrogens with zero attached hydrogens (tertiary/aromatic N) is 4. The lowest BCUT2D eigenvalue weighted by atomic mass is 9.83. The molecule has 31 heavy (non-hydrogen) atoms. The van der Waals surface area contributed by atoms with E-state index in [2.05, 4.69) is 46.1 Å². The molecule has 2 saturated heterocycles. The number of hydrogen-bond acceptors (Lipinski definition) is 4. The number of fused-ring (bicyclic) bond motifs is 4. The quantitative estimate of drug-likeness (QED) is 0.745. The van der Waals surface area contributed by atoms with Crippen LogP contribution in [0.5, 0.6) is 0 Å². The summed E-state index contributed by atoms with van der Waals surface area (Å²) in [6, 6.07) is 5.22. The van der Waals surface area contributed by atoms with Gasteiger partial charge in [0.25, 0.3) is 5.91 Å². The summed E-state index contributed by atoms with van der Waals surface area (Å²) in [6.07, 6.45) is 16.7. The Morgan fingerprint density at radius 1 is 1.13 bits per heavy atom. The average Bonchev–Trinajstić information content (AvgIpc) is 3.01. The van der Waals surface area contributed by atoms with Crippen molar-refractivity contribution in [2.75, 3.05) is 20.1 Å². The topological polar surface area (TPSA) is 49.3 Å². The minimum atomic E-state index is 0. The molecule has 2 aromatic rings. The molecule has 0 N–H and O–H groups in total. The lowest BCUT2D eigenvalue weighted by Gasteiger charge is -2.39. The van der Waals surface area contributed by atoms with Gasteiger partial charge in [0.2, 0.25) is 0 Å². The maximum absolute atomic E-state index is 13.4. The number of likely N-dealkylation sites (N-methyl/N-ethyl adjacent to an activating group) is 1. The molecule has 6 rings (SSSR count). The van der Waals surface area contributed by atoms with Crippen LogP contribution in [0.1, 0.15) is 59.9 Å². The lowest BCUT2D eigenvalue weighted by Crippen LogP contribution is -2.53. The molecule has 1 amide bonds. The summed E-state index contributed by atoms with van der Waals surface area (Å²) in [6.45, 7) is 1.67. The molecule has 0 aromatic carbocycles. The first-order chi connectivity index (χ1) is 15.2. The van der Waals surface area contributed by atoms with Crippen molar-refractivity contribution in [1.82, 2.24) is 19.8 Å². The SMILES string of the molecule is CN1C2CCC1CN(C(=O)c1cnc3c(c1)C(C1=Cc4ccncc4CC1)=CCC3)C2.[HH]. The summed E-state index contributed by atoms with van der Waals surface area (Å²) < 4.78 is 0. The smallest absolute Gasteiger partial charge is 0.255 e. The first-order valence-electron chi connectivity index (χ1n) is 11.5. The van der Waals surface area contributed by atoms with E-state index in [9.17, 15) is 4.79 Å². The third kappa shape index (κ3) is 3.23. The number of aryl methyl sites for hydroxylation is 2. The zero-order valence-corrected chi connectivity index (χ0v) is 18.1. The van der Waals surface area contributed by atoms with Gasteiger partial charge in [0.1, 0.15) is 0 Å². The molecular weight excluding hydrogens is 384 g/mol. The van der Waals surface area contributed by atoms with E-state index in [0.717, 1.165) is 55.6 Å². The predicted molar refractivity (Wildman–Crippen MR) is 124 cm³/mol. The van der Waals surface area contributed by atoms with Gasteiger partial charge in [-0.15, -0.1) is 0 Å². The zero-order chi connectivity index (χ0) is 20.9. The van der Waals surface area contributed by atoms with E-state index in [1.54, 1.807) is 6.20 Å². The third-order valence-corrected chi connectivity index (χ3v) is 7.65. The highest BCUT2D eigenvalue weighted by Crippen LogP contribution is 2.37. The highest BCUT2D eigenvalue weighted by molar-refractivity contribution is 5.96. The predicted octanol–water partition coefficient (Wildman–Crippen LogP) is 4.00. The largest absolute Gasteiger partial charge is 0.335 e. The number of hydrogen-bond donors (Lipinski definition) is 0. The molecule has 0 saturated carbocycles. The Kier molecular flexibility index (Phi) is 4.53. The molecule has 2 bridgehead atoms. The number of likely N-dealkylation sites (tertiary alicyclic amines) is 1. The van der Waals surface area contributed by atoms with Crippen LogP contribution in [0.15, 0.2) is 42.4 Å². The van der Waals surface area contributed by atoms with Crippen molar-refractivity contribution >= 4 is 17.6 Å². The van der Waals surface area contributed by atoms with E-state index in [-0.39, 0.29) is 7.33 Å². The minimum Gasteiger partial charge on any atom is -0.335 e. The summed E-state index contributed by atoms with van der Waals surface area (Å²) in [5.41, 5.74) is 8.20. The maximum atomic E-state index is 13.4. The summed E-state index contributed by atoms with van der Waals surface area (Å²) in [4.78, 5) is 26.9. The van der Waals surface area contributed by atoms with E-state index < -0.39 is 0 Å². The van der Waals surface area contributed by atoms with Gasteiger partial charge in [0.15, 0.2) is 0 Å². The number of allylic oxidation sites excluding steroid dienone is 3. The van der Waals surface area contributed by atoms with Gasteiger partial charge in [0.05, 0.1) is 5.56 Å². The van der Waals surface area contributed by atoms with E-state index in [4.69, 9.17) is 4.98 Å². The third-order valence-electron chi connectivity index (χ3n) is 7.65. The van der Waals surface area contributed by atoms with E-state index in [0.29, 0.717) is 12.1 Å². The van der Waals surface area contributed by atoms with Crippen molar-refractivity contribution in [2.45, 2.75) is 50.6 Å². The Morgan fingerprint density at radius 2 is 1.97 bits per heavy atom. The van der Waals surface area contributed by atoms with Crippen LogP contribution < -0.4 is 0 Å². The van der Waals surface area contributed by atoms with E-state index in [1.165, 1.54) is 35.1 Å². The Hall–Kier alpha value is -2.79. The zero-order valence-electron chi connectivity index (χ0n) is 18.1. The van der Waals surface area contributed by atoms with Crippen molar-refractivity contribution in [3.8, 4) is 0 Å². The lowest BCUT2D eigenvalue weighted by molar-refractivity contribution is 0.0523. The molecule has 2 unspecified atom stereocenters. The molecule has 2 aliphatic heterocycles. The fourth-order valence-corrected chi connectivity index (χ4v) is 5.80. The standard InChI is InChI=1S/C26H28N4O.H2/c1-29-21-7-8-22(29)16-30(15-21)26(31)20-12-24-23(3-2-4-25(24)28-14-20)18-5-6-19-13-27-10-9-17(19)11-18;/h3,9-14,21-22H,2,4-8,15-16H2,1H3;1H. The highest BCUT2D eigenvalue weighted by atomic mass is 16.2. The number of aromatic nitrogens is 2. The van der Waals surface area contributed by atoms with Crippen LogP contribution in [-0.2, 0) is 12.8 Å². The molecule has 0 spiro atoms. The van der Waals surface area contributed by atoms with Gasteiger partial charge in [0, 0.05) is 56.4 Å². The number of carbonyl (C=O) groups is 1. The Morgan fingerprint density at radius 3 is 2.81 bits per heavy atom. The van der Waals surface area contributed by atoms with Gasteiger partial charge in [-0.25, -0.2) is 0 Å². The second-order valence-electron chi connectivity index (χ2n) is 9.38. The van der Waals surface area contributed by atoms with Gasteiger partial charge in [-0.05, 0) is 80.0 Å². The molecule has 5 nitrogen and oxygen atoms in total. The summed E-state index contributed by atoms with van der Waals surface area (Å²) in [5, 5.41) is 0. The Balaban J connectivity index is 0.00000216. The van der Waals surface area contributed by atoms with Crippen LogP contribution in [-0.4, -0.2) is 57.9 Å². The fourth-order valence-electron chi connectivity index (χ4n) is 5.80. The van der Waals surface area contributed by atoms with Crippen LogP contribution in [0.2, 0.25) is 0 Å². The summed E-state index contributed by atoms with van der Waals surface area (Å²) >= 11 is 0. The molecule has 160 valence electrons. The number of amides is 1. The fraction of sp³-hybridized carbons (Fsp3) is 0.423. The van der Waals surface area contributed by atoms with Crippen molar-refractivity contribution in [3.05, 3.63) is 70.3 Å². The molecular formula is C26H30N4O. The maximum Gasteiger partial charge on any atom is 0.255 e. The Bertz CT molecular complexity index is 1110. The summed E-state index contributed by atoms with van der Waals surface area (Å²) in [5.74, 6) is 0.138.